The molecule has 7 nitrogen and oxygen atoms in total. The van der Waals surface area contributed by atoms with E-state index in [1.165, 1.54) is 35.6 Å². The number of nitrogens with one attached hydrogen (secondary N) is 1. The maximum atomic E-state index is 12.8. The molecule has 0 bridgehead atoms. The van der Waals surface area contributed by atoms with Crippen LogP contribution in [-0.2, 0) is 21.4 Å². The highest BCUT2D eigenvalue weighted by molar-refractivity contribution is 7.89. The number of ether oxygens (including phenoxy) is 1. The monoisotopic (exact) mass is 435 g/mol. The second-order valence-corrected chi connectivity index (χ2v) is 8.79. The average molecular weight is 436 g/mol. The molecule has 0 aliphatic heterocycles. The normalized spacial score (nSPS) is 11.0. The largest absolute Gasteiger partial charge is 0.484 e. The van der Waals surface area contributed by atoms with E-state index in [9.17, 15) is 13.2 Å². The van der Waals surface area contributed by atoms with Gasteiger partial charge in [0.15, 0.2) is 6.61 Å². The Morgan fingerprint density at radius 1 is 1.03 bits per heavy atom. The summed E-state index contributed by atoms with van der Waals surface area (Å²) in [6.45, 7) is 0.0146. The van der Waals surface area contributed by atoms with Gasteiger partial charge in [0, 0.05) is 19.3 Å². The minimum Gasteiger partial charge on any atom is -0.484 e. The molecule has 0 saturated carbocycles. The summed E-state index contributed by atoms with van der Waals surface area (Å²) < 4.78 is 32.2. The van der Waals surface area contributed by atoms with Crippen molar-refractivity contribution in [1.29, 1.82) is 5.26 Å². The van der Waals surface area contributed by atoms with E-state index >= 15 is 0 Å². The molecule has 31 heavy (non-hydrogen) atoms. The van der Waals surface area contributed by atoms with Crippen LogP contribution in [0.15, 0.2) is 83.8 Å². The van der Waals surface area contributed by atoms with E-state index in [-0.39, 0.29) is 18.0 Å². The number of carbonyl (C=O) groups is 1. The van der Waals surface area contributed by atoms with E-state index in [1.807, 2.05) is 36.4 Å². The standard InChI is InChI=1S/C23H21N3O4S/c1-26(16-18-6-3-2-4-7-18)31(28,29)22-12-10-20(11-13-22)25-23(27)17-30-21-9-5-8-19(14-21)15-24/h2-14H,16-17H2,1H3,(H,25,27). The van der Waals surface area contributed by atoms with Crippen LogP contribution in [0.3, 0.4) is 0 Å². The lowest BCUT2D eigenvalue weighted by molar-refractivity contribution is -0.118. The lowest BCUT2D eigenvalue weighted by Crippen LogP contribution is -2.26. The van der Waals surface area contributed by atoms with Crippen molar-refractivity contribution in [2.75, 3.05) is 19.0 Å². The lowest BCUT2D eigenvalue weighted by Gasteiger charge is -2.17. The van der Waals surface area contributed by atoms with Crippen LogP contribution in [0.5, 0.6) is 5.75 Å². The summed E-state index contributed by atoms with van der Waals surface area (Å²) in [5.41, 5.74) is 1.77. The zero-order valence-electron chi connectivity index (χ0n) is 16.9. The summed E-state index contributed by atoms with van der Waals surface area (Å²) in [7, 11) is -2.14. The highest BCUT2D eigenvalue weighted by Gasteiger charge is 2.20. The molecule has 0 atom stereocenters. The summed E-state index contributed by atoms with van der Waals surface area (Å²) in [4.78, 5) is 12.2. The first-order valence-electron chi connectivity index (χ1n) is 9.41. The Labute approximate surface area is 181 Å². The van der Waals surface area contributed by atoms with E-state index < -0.39 is 15.9 Å². The first kappa shape index (κ1) is 22.0. The number of carbonyl (C=O) groups excluding carboxylic acids is 1. The minimum absolute atomic E-state index is 0.133. The van der Waals surface area contributed by atoms with Crippen LogP contribution in [0.2, 0.25) is 0 Å². The Bertz CT molecular complexity index is 1190. The first-order chi connectivity index (χ1) is 14.9. The summed E-state index contributed by atoms with van der Waals surface area (Å²) >= 11 is 0. The molecule has 3 aromatic rings. The van der Waals surface area contributed by atoms with Gasteiger partial charge in [0.2, 0.25) is 10.0 Å². The molecule has 3 rings (SSSR count). The molecule has 0 fully saturated rings. The van der Waals surface area contributed by atoms with Crippen LogP contribution in [0.4, 0.5) is 5.69 Å². The highest BCUT2D eigenvalue weighted by atomic mass is 32.2. The third-order valence-corrected chi connectivity index (χ3v) is 6.24. The summed E-state index contributed by atoms with van der Waals surface area (Å²) in [5, 5.41) is 11.5. The molecule has 158 valence electrons. The molecule has 0 heterocycles. The van der Waals surface area contributed by atoms with Gasteiger partial charge in [0.1, 0.15) is 5.75 Å². The van der Waals surface area contributed by atoms with E-state index in [4.69, 9.17) is 10.00 Å². The molecule has 0 saturated heterocycles. The van der Waals surface area contributed by atoms with E-state index in [1.54, 1.807) is 24.3 Å². The summed E-state index contributed by atoms with van der Waals surface area (Å²) in [6.07, 6.45) is 0. The van der Waals surface area contributed by atoms with Crippen LogP contribution < -0.4 is 10.1 Å². The average Bonchev–Trinajstić information content (AvgIpc) is 2.79. The van der Waals surface area contributed by atoms with Gasteiger partial charge in [-0.3, -0.25) is 4.79 Å². The van der Waals surface area contributed by atoms with Crippen molar-refractivity contribution >= 4 is 21.6 Å². The molecule has 0 spiro atoms. The Kier molecular flexibility index (Phi) is 7.03. The fourth-order valence-corrected chi connectivity index (χ4v) is 3.98. The number of hydrogen-bond acceptors (Lipinski definition) is 5. The van der Waals surface area contributed by atoms with Crippen molar-refractivity contribution < 1.29 is 17.9 Å². The molecular formula is C23H21N3O4S. The topological polar surface area (TPSA) is 99.5 Å². The Morgan fingerprint density at radius 2 is 1.74 bits per heavy atom. The van der Waals surface area contributed by atoms with Gasteiger partial charge in [-0.2, -0.15) is 9.57 Å². The van der Waals surface area contributed by atoms with Gasteiger partial charge in [0.25, 0.3) is 5.91 Å². The second kappa shape index (κ2) is 9.89. The molecule has 8 heteroatoms. The number of benzene rings is 3. The molecule has 1 N–H and O–H groups in total. The predicted octanol–water partition coefficient (Wildman–Crippen LogP) is 3.40. The Morgan fingerprint density at radius 3 is 2.42 bits per heavy atom. The van der Waals surface area contributed by atoms with Crippen molar-refractivity contribution in [1.82, 2.24) is 4.31 Å². The number of nitriles is 1. The third kappa shape index (κ3) is 5.92. The number of sulfonamides is 1. The second-order valence-electron chi connectivity index (χ2n) is 6.75. The molecule has 0 unspecified atom stereocenters. The third-order valence-electron chi connectivity index (χ3n) is 4.43. The fraction of sp³-hybridized carbons (Fsp3) is 0.130. The van der Waals surface area contributed by atoms with Crippen LogP contribution in [-0.4, -0.2) is 32.3 Å². The Balaban J connectivity index is 1.58. The first-order valence-corrected chi connectivity index (χ1v) is 10.9. The smallest absolute Gasteiger partial charge is 0.262 e. The van der Waals surface area contributed by atoms with Crippen LogP contribution in [0.1, 0.15) is 11.1 Å². The summed E-state index contributed by atoms with van der Waals surface area (Å²) in [5.74, 6) is 0.0104. The summed E-state index contributed by atoms with van der Waals surface area (Å²) in [6, 6.07) is 23.8. The van der Waals surface area contributed by atoms with Gasteiger partial charge in [-0.1, -0.05) is 36.4 Å². The maximum Gasteiger partial charge on any atom is 0.262 e. The molecule has 0 aliphatic rings. The van der Waals surface area contributed by atoms with Crippen molar-refractivity contribution in [3.8, 4) is 11.8 Å². The van der Waals surface area contributed by atoms with Gasteiger partial charge in [-0.05, 0) is 48.0 Å². The van der Waals surface area contributed by atoms with Gasteiger partial charge < -0.3 is 10.1 Å². The Hall–Kier alpha value is -3.67. The lowest BCUT2D eigenvalue weighted by atomic mass is 10.2. The van der Waals surface area contributed by atoms with E-state index in [0.717, 1.165) is 5.56 Å². The molecule has 1 amide bonds. The minimum atomic E-state index is -3.67. The van der Waals surface area contributed by atoms with E-state index in [2.05, 4.69) is 5.32 Å². The van der Waals surface area contributed by atoms with Gasteiger partial charge >= 0.3 is 0 Å². The van der Waals surface area contributed by atoms with Crippen molar-refractivity contribution in [2.24, 2.45) is 0 Å². The molecule has 0 aromatic heterocycles. The van der Waals surface area contributed by atoms with Crippen LogP contribution in [0.25, 0.3) is 0 Å². The molecule has 0 radical (unpaired) electrons. The van der Waals surface area contributed by atoms with Crippen LogP contribution >= 0.6 is 0 Å². The number of nitrogens with zero attached hydrogens (tertiary/aromatic N) is 2. The van der Waals surface area contributed by atoms with Crippen molar-refractivity contribution in [2.45, 2.75) is 11.4 Å². The predicted molar refractivity (Wildman–Crippen MR) is 117 cm³/mol. The highest BCUT2D eigenvalue weighted by Crippen LogP contribution is 2.19. The van der Waals surface area contributed by atoms with Gasteiger partial charge in [-0.25, -0.2) is 8.42 Å². The number of hydrogen-bond donors (Lipinski definition) is 1. The SMILES string of the molecule is CN(Cc1ccccc1)S(=O)(=O)c1ccc(NC(=O)COc2cccc(C#N)c2)cc1. The molecular weight excluding hydrogens is 414 g/mol. The van der Waals surface area contributed by atoms with Gasteiger partial charge in [0.05, 0.1) is 16.5 Å². The number of anilines is 1. The zero-order valence-corrected chi connectivity index (χ0v) is 17.7. The molecule has 3 aromatic carbocycles. The maximum absolute atomic E-state index is 12.8. The quantitative estimate of drug-likeness (QED) is 0.585. The van der Waals surface area contributed by atoms with Crippen molar-refractivity contribution in [3.63, 3.8) is 0 Å². The van der Waals surface area contributed by atoms with Gasteiger partial charge in [-0.15, -0.1) is 0 Å². The van der Waals surface area contributed by atoms with Crippen LogP contribution in [0, 0.1) is 11.3 Å². The van der Waals surface area contributed by atoms with Crippen molar-refractivity contribution in [3.05, 3.63) is 90.0 Å². The number of amides is 1. The van der Waals surface area contributed by atoms with E-state index in [0.29, 0.717) is 17.0 Å². The fourth-order valence-electron chi connectivity index (χ4n) is 2.82. The zero-order chi connectivity index (χ0) is 22.3. The molecule has 0 aliphatic carbocycles. The number of rotatable bonds is 8.